The van der Waals surface area contributed by atoms with Crippen LogP contribution in [0.4, 0.5) is 5.69 Å². The number of amides is 1. The average Bonchev–Trinajstić information content (AvgIpc) is 2.55. The summed E-state index contributed by atoms with van der Waals surface area (Å²) in [6, 6.07) is 8.60. The van der Waals surface area contributed by atoms with Gasteiger partial charge < -0.3 is 10.1 Å². The van der Waals surface area contributed by atoms with Crippen molar-refractivity contribution in [2.75, 3.05) is 18.2 Å². The minimum absolute atomic E-state index is 0.109. The fourth-order valence-corrected chi connectivity index (χ4v) is 3.32. The van der Waals surface area contributed by atoms with Crippen molar-refractivity contribution >= 4 is 23.4 Å². The first-order chi connectivity index (χ1) is 10.7. The Labute approximate surface area is 131 Å². The zero-order valence-electron chi connectivity index (χ0n) is 12.0. The summed E-state index contributed by atoms with van der Waals surface area (Å²) in [6.07, 6.45) is 1.50. The Morgan fingerprint density at radius 3 is 3.14 bits per heavy atom. The van der Waals surface area contributed by atoms with Crippen LogP contribution in [0.25, 0.3) is 0 Å². The number of aromatic nitrogens is 2. The molecule has 0 bridgehead atoms. The molecule has 1 amide bonds. The predicted octanol–water partition coefficient (Wildman–Crippen LogP) is 1.61. The van der Waals surface area contributed by atoms with Crippen LogP contribution in [0.15, 0.2) is 46.5 Å². The number of ether oxygens (including phenoxy) is 1. The van der Waals surface area contributed by atoms with E-state index in [4.69, 9.17) is 4.74 Å². The molecular formula is C15H15N3O3S. The summed E-state index contributed by atoms with van der Waals surface area (Å²) in [5, 5.41) is 3.53. The van der Waals surface area contributed by atoms with Crippen LogP contribution in [0, 0.1) is 5.92 Å². The summed E-state index contributed by atoms with van der Waals surface area (Å²) in [6.45, 7) is 0.352. The van der Waals surface area contributed by atoms with Gasteiger partial charge in [0.25, 0.3) is 5.56 Å². The molecule has 114 valence electrons. The molecule has 1 aliphatic heterocycles. The third-order valence-electron chi connectivity index (χ3n) is 3.42. The van der Waals surface area contributed by atoms with Gasteiger partial charge in [-0.3, -0.25) is 14.2 Å². The van der Waals surface area contributed by atoms with Crippen molar-refractivity contribution in [1.29, 1.82) is 0 Å². The van der Waals surface area contributed by atoms with Crippen LogP contribution in [0.5, 0.6) is 5.75 Å². The number of anilines is 1. The number of carbonyl (C=O) groups is 1. The van der Waals surface area contributed by atoms with E-state index in [-0.39, 0.29) is 17.4 Å². The van der Waals surface area contributed by atoms with Crippen LogP contribution >= 0.6 is 11.8 Å². The summed E-state index contributed by atoms with van der Waals surface area (Å²) in [4.78, 5) is 28.4. The van der Waals surface area contributed by atoms with E-state index in [1.54, 1.807) is 23.8 Å². The first-order valence-electron chi connectivity index (χ1n) is 6.81. The van der Waals surface area contributed by atoms with Gasteiger partial charge >= 0.3 is 0 Å². The molecule has 22 heavy (non-hydrogen) atoms. The van der Waals surface area contributed by atoms with Gasteiger partial charge in [0, 0.05) is 36.3 Å². The number of hydrogen-bond acceptors (Lipinski definition) is 5. The molecule has 0 spiro atoms. The van der Waals surface area contributed by atoms with Gasteiger partial charge in [-0.15, -0.1) is 0 Å². The highest BCUT2D eigenvalue weighted by atomic mass is 32.2. The third-order valence-corrected chi connectivity index (χ3v) is 4.58. The van der Waals surface area contributed by atoms with Crippen molar-refractivity contribution in [2.45, 2.75) is 11.7 Å². The summed E-state index contributed by atoms with van der Waals surface area (Å²) >= 11 is 1.42. The summed E-state index contributed by atoms with van der Waals surface area (Å²) in [5.74, 6) is 0.904. The van der Waals surface area contributed by atoms with E-state index < -0.39 is 0 Å². The standard InChI is InChI=1S/C15H15N3O3S/c1-21-12-4-2-3-11(7-12)17-14(20)10-8-18-13(19)5-6-16-15(18)22-9-10/h2-7,10H,8-9H2,1H3,(H,17,20). The van der Waals surface area contributed by atoms with Crippen LogP contribution in [-0.4, -0.2) is 28.3 Å². The lowest BCUT2D eigenvalue weighted by atomic mass is 10.1. The molecule has 0 radical (unpaired) electrons. The van der Waals surface area contributed by atoms with Crippen molar-refractivity contribution in [3.63, 3.8) is 0 Å². The quantitative estimate of drug-likeness (QED) is 0.871. The first-order valence-corrected chi connectivity index (χ1v) is 7.79. The van der Waals surface area contributed by atoms with E-state index in [0.717, 1.165) is 0 Å². The smallest absolute Gasteiger partial charge is 0.254 e. The molecule has 3 rings (SSSR count). The number of nitrogens with zero attached hydrogens (tertiary/aromatic N) is 2. The molecule has 6 nitrogen and oxygen atoms in total. The number of rotatable bonds is 3. The Hall–Kier alpha value is -2.28. The van der Waals surface area contributed by atoms with E-state index >= 15 is 0 Å². The van der Waals surface area contributed by atoms with Crippen molar-refractivity contribution in [2.24, 2.45) is 5.92 Å². The maximum absolute atomic E-state index is 12.4. The van der Waals surface area contributed by atoms with Gasteiger partial charge in [0.15, 0.2) is 5.16 Å². The number of fused-ring (bicyclic) bond motifs is 1. The predicted molar refractivity (Wildman–Crippen MR) is 84.3 cm³/mol. The minimum Gasteiger partial charge on any atom is -0.497 e. The summed E-state index contributed by atoms with van der Waals surface area (Å²) in [5.41, 5.74) is 0.551. The molecule has 1 unspecified atom stereocenters. The van der Waals surface area contributed by atoms with Gasteiger partial charge in [-0.25, -0.2) is 4.98 Å². The van der Waals surface area contributed by atoms with Crippen molar-refractivity contribution in [3.05, 3.63) is 46.9 Å². The number of hydrogen-bond donors (Lipinski definition) is 1. The van der Waals surface area contributed by atoms with Crippen LogP contribution in [0.3, 0.4) is 0 Å². The zero-order chi connectivity index (χ0) is 15.5. The number of methoxy groups -OCH3 is 1. The molecule has 0 saturated heterocycles. The second-order valence-corrected chi connectivity index (χ2v) is 5.89. The Kier molecular flexibility index (Phi) is 4.15. The number of benzene rings is 1. The van der Waals surface area contributed by atoms with Gasteiger partial charge in [0.05, 0.1) is 13.0 Å². The van der Waals surface area contributed by atoms with Crippen LogP contribution in [0.2, 0.25) is 0 Å². The second kappa shape index (κ2) is 6.23. The van der Waals surface area contributed by atoms with Crippen molar-refractivity contribution in [1.82, 2.24) is 9.55 Å². The molecule has 1 aromatic heterocycles. The molecule has 1 aromatic carbocycles. The molecule has 0 fully saturated rings. The first kappa shape index (κ1) is 14.6. The maximum Gasteiger partial charge on any atom is 0.254 e. The largest absolute Gasteiger partial charge is 0.497 e. The zero-order valence-corrected chi connectivity index (χ0v) is 12.8. The fourth-order valence-electron chi connectivity index (χ4n) is 2.25. The van der Waals surface area contributed by atoms with E-state index in [1.807, 2.05) is 12.1 Å². The van der Waals surface area contributed by atoms with Gasteiger partial charge in [-0.05, 0) is 12.1 Å². The topological polar surface area (TPSA) is 73.2 Å². The van der Waals surface area contributed by atoms with Gasteiger partial charge in [-0.2, -0.15) is 0 Å². The lowest BCUT2D eigenvalue weighted by molar-refractivity contribution is -0.119. The number of thioether (sulfide) groups is 1. The molecule has 7 heteroatoms. The Bertz CT molecular complexity index is 760. The highest BCUT2D eigenvalue weighted by Crippen LogP contribution is 2.26. The Morgan fingerprint density at radius 1 is 1.45 bits per heavy atom. The van der Waals surface area contributed by atoms with E-state index in [9.17, 15) is 9.59 Å². The molecule has 0 saturated carbocycles. The molecule has 1 N–H and O–H groups in total. The molecule has 2 aromatic rings. The second-order valence-electron chi connectivity index (χ2n) is 4.91. The average molecular weight is 317 g/mol. The molecule has 0 aliphatic carbocycles. The van der Waals surface area contributed by atoms with Gasteiger partial charge in [-0.1, -0.05) is 17.8 Å². The normalized spacial score (nSPS) is 16.7. The fraction of sp³-hybridized carbons (Fsp3) is 0.267. The van der Waals surface area contributed by atoms with Crippen LogP contribution in [-0.2, 0) is 11.3 Å². The highest BCUT2D eigenvalue weighted by Gasteiger charge is 2.26. The van der Waals surface area contributed by atoms with E-state index in [1.165, 1.54) is 24.0 Å². The Balaban J connectivity index is 1.74. The highest BCUT2D eigenvalue weighted by molar-refractivity contribution is 7.99. The van der Waals surface area contributed by atoms with E-state index in [0.29, 0.717) is 28.9 Å². The Morgan fingerprint density at radius 2 is 2.32 bits per heavy atom. The lowest BCUT2D eigenvalue weighted by Crippen LogP contribution is -2.36. The van der Waals surface area contributed by atoms with E-state index in [2.05, 4.69) is 10.3 Å². The summed E-state index contributed by atoms with van der Waals surface area (Å²) in [7, 11) is 1.58. The van der Waals surface area contributed by atoms with Crippen LogP contribution < -0.4 is 15.6 Å². The van der Waals surface area contributed by atoms with Gasteiger partial charge in [0.2, 0.25) is 5.91 Å². The molecule has 2 heterocycles. The third kappa shape index (κ3) is 2.99. The van der Waals surface area contributed by atoms with Crippen LogP contribution in [0.1, 0.15) is 0 Å². The minimum atomic E-state index is -0.273. The van der Waals surface area contributed by atoms with Crippen molar-refractivity contribution in [3.8, 4) is 5.75 Å². The molecule has 1 atom stereocenters. The van der Waals surface area contributed by atoms with Gasteiger partial charge in [0.1, 0.15) is 5.75 Å². The lowest BCUT2D eigenvalue weighted by Gasteiger charge is -2.23. The number of nitrogens with one attached hydrogen (secondary N) is 1. The van der Waals surface area contributed by atoms with Crippen molar-refractivity contribution < 1.29 is 9.53 Å². The monoisotopic (exact) mass is 317 g/mol. The summed E-state index contributed by atoms with van der Waals surface area (Å²) < 4.78 is 6.68. The number of carbonyl (C=O) groups excluding carboxylic acids is 1. The maximum atomic E-state index is 12.4. The molecular weight excluding hydrogens is 302 g/mol. The molecule has 1 aliphatic rings. The SMILES string of the molecule is COc1cccc(NC(=O)C2CSc3nccc(=O)n3C2)c1.